The van der Waals surface area contributed by atoms with Crippen LogP contribution in [0.25, 0.3) is 11.3 Å². The van der Waals surface area contributed by atoms with Gasteiger partial charge in [-0.2, -0.15) is 5.10 Å². The summed E-state index contributed by atoms with van der Waals surface area (Å²) in [5.41, 5.74) is 2.29. The Morgan fingerprint density at radius 2 is 2.00 bits per heavy atom. The van der Waals surface area contributed by atoms with Crippen LogP contribution in [0.2, 0.25) is 0 Å². The first-order valence-electron chi connectivity index (χ1n) is 11.2. The summed E-state index contributed by atoms with van der Waals surface area (Å²) in [6, 6.07) is 9.08. The lowest BCUT2D eigenvalue weighted by Crippen LogP contribution is -2.28. The summed E-state index contributed by atoms with van der Waals surface area (Å²) in [5.74, 6) is 1.10. The normalized spacial score (nSPS) is 13.1. The molecule has 3 heterocycles. The van der Waals surface area contributed by atoms with E-state index >= 15 is 0 Å². The zero-order valence-electron chi connectivity index (χ0n) is 19.1. The van der Waals surface area contributed by atoms with E-state index in [0.29, 0.717) is 23.8 Å². The Bertz CT molecular complexity index is 1150. The molecule has 0 saturated heterocycles. The van der Waals surface area contributed by atoms with Crippen LogP contribution < -0.4 is 16.0 Å². The number of rotatable bonds is 9. The fourth-order valence-electron chi connectivity index (χ4n) is 3.29. The minimum absolute atomic E-state index is 0.170. The topological polar surface area (TPSA) is 114 Å². The van der Waals surface area contributed by atoms with Crippen molar-refractivity contribution in [3.8, 4) is 11.3 Å². The first-order valence-corrected chi connectivity index (χ1v) is 11.2. The number of nitrogens with one attached hydrogen (secondary N) is 3. The maximum atomic E-state index is 12.9. The summed E-state index contributed by atoms with van der Waals surface area (Å²) in [4.78, 5) is 34.3. The van der Waals surface area contributed by atoms with Crippen LogP contribution in [-0.2, 0) is 7.05 Å². The highest BCUT2D eigenvalue weighted by Crippen LogP contribution is 2.29. The Morgan fingerprint density at radius 1 is 1.18 bits per heavy atom. The van der Waals surface area contributed by atoms with E-state index in [0.717, 1.165) is 23.8 Å². The van der Waals surface area contributed by atoms with E-state index in [2.05, 4.69) is 31.0 Å². The van der Waals surface area contributed by atoms with Gasteiger partial charge in [-0.05, 0) is 48.9 Å². The first-order chi connectivity index (χ1) is 15.9. The number of carbonyl (C=O) groups is 2. The molecule has 33 heavy (non-hydrogen) atoms. The van der Waals surface area contributed by atoms with E-state index in [1.165, 1.54) is 17.5 Å². The fourth-order valence-corrected chi connectivity index (χ4v) is 3.29. The molecular formula is C24H29N7O2. The smallest absolute Gasteiger partial charge is 0.274 e. The number of nitrogens with zero attached hydrogens (tertiary/aromatic N) is 4. The van der Waals surface area contributed by atoms with Crippen LogP contribution in [0.1, 0.15) is 47.7 Å². The molecule has 9 heteroatoms. The SMILES string of the molecule is CC(C)CNC(=O)c1nn(C)cc1NC(=O)c1cccc(-c2ccnc(NCC3CC3)c2)n1. The molecule has 0 spiro atoms. The van der Waals surface area contributed by atoms with Crippen molar-refractivity contribution in [3.63, 3.8) is 0 Å². The van der Waals surface area contributed by atoms with Gasteiger partial charge in [-0.25, -0.2) is 9.97 Å². The van der Waals surface area contributed by atoms with Crippen molar-refractivity contribution < 1.29 is 9.59 Å². The van der Waals surface area contributed by atoms with Crippen LogP contribution in [-0.4, -0.2) is 44.7 Å². The summed E-state index contributed by atoms with van der Waals surface area (Å²) in [6.45, 7) is 5.46. The summed E-state index contributed by atoms with van der Waals surface area (Å²) in [6.07, 6.45) is 5.87. The number of carbonyl (C=O) groups excluding carboxylic acids is 2. The van der Waals surface area contributed by atoms with Crippen molar-refractivity contribution in [2.45, 2.75) is 26.7 Å². The molecule has 3 aromatic rings. The number of hydrogen-bond acceptors (Lipinski definition) is 6. The third-order valence-corrected chi connectivity index (χ3v) is 5.27. The van der Waals surface area contributed by atoms with Gasteiger partial charge in [0.25, 0.3) is 11.8 Å². The fraction of sp³-hybridized carbons (Fsp3) is 0.375. The van der Waals surface area contributed by atoms with E-state index in [9.17, 15) is 9.59 Å². The van der Waals surface area contributed by atoms with Crippen LogP contribution >= 0.6 is 0 Å². The quantitative estimate of drug-likeness (QED) is 0.464. The lowest BCUT2D eigenvalue weighted by atomic mass is 10.1. The summed E-state index contributed by atoms with van der Waals surface area (Å²) in [7, 11) is 1.70. The van der Waals surface area contributed by atoms with Crippen molar-refractivity contribution in [1.29, 1.82) is 0 Å². The minimum Gasteiger partial charge on any atom is -0.370 e. The van der Waals surface area contributed by atoms with Gasteiger partial charge in [-0.15, -0.1) is 0 Å². The van der Waals surface area contributed by atoms with E-state index in [-0.39, 0.29) is 17.3 Å². The second kappa shape index (κ2) is 9.81. The molecule has 3 aromatic heterocycles. The van der Waals surface area contributed by atoms with Crippen LogP contribution in [0.4, 0.5) is 11.5 Å². The average molecular weight is 448 g/mol. The van der Waals surface area contributed by atoms with Crippen LogP contribution in [0.15, 0.2) is 42.7 Å². The molecule has 0 unspecified atom stereocenters. The van der Waals surface area contributed by atoms with Gasteiger partial charge >= 0.3 is 0 Å². The van der Waals surface area contributed by atoms with E-state index in [4.69, 9.17) is 0 Å². The van der Waals surface area contributed by atoms with Gasteiger partial charge in [0.05, 0.1) is 11.4 Å². The second-order valence-electron chi connectivity index (χ2n) is 8.79. The standard InChI is InChI=1S/C24H29N7O2/c1-15(2)12-27-24(33)22-20(14-31(3)30-22)29-23(32)19-6-4-5-18(28-19)17-9-10-25-21(11-17)26-13-16-7-8-16/h4-6,9-11,14-16H,7-8,12-13H2,1-3H3,(H,25,26)(H,27,33)(H,29,32). The molecule has 0 radical (unpaired) electrons. The molecule has 1 aliphatic rings. The maximum Gasteiger partial charge on any atom is 0.274 e. The maximum absolute atomic E-state index is 12.9. The molecule has 0 aromatic carbocycles. The van der Waals surface area contributed by atoms with Gasteiger partial charge in [0.2, 0.25) is 0 Å². The van der Waals surface area contributed by atoms with Gasteiger partial charge < -0.3 is 16.0 Å². The Labute approximate surface area is 193 Å². The summed E-state index contributed by atoms with van der Waals surface area (Å²) < 4.78 is 1.50. The van der Waals surface area contributed by atoms with E-state index in [1.807, 2.05) is 32.0 Å². The van der Waals surface area contributed by atoms with E-state index in [1.54, 1.807) is 31.6 Å². The Morgan fingerprint density at radius 3 is 2.76 bits per heavy atom. The van der Waals surface area contributed by atoms with Crippen LogP contribution in [0.3, 0.4) is 0 Å². The third-order valence-electron chi connectivity index (χ3n) is 5.27. The number of anilines is 2. The van der Waals surface area contributed by atoms with Crippen LogP contribution in [0.5, 0.6) is 0 Å². The molecule has 0 aliphatic heterocycles. The molecule has 4 rings (SSSR count). The lowest BCUT2D eigenvalue weighted by Gasteiger charge is -2.09. The molecular weight excluding hydrogens is 418 g/mol. The number of amides is 2. The zero-order valence-corrected chi connectivity index (χ0v) is 19.1. The Hall–Kier alpha value is -3.75. The van der Waals surface area contributed by atoms with Gasteiger partial charge in [0.1, 0.15) is 11.5 Å². The monoisotopic (exact) mass is 447 g/mol. The molecule has 1 aliphatic carbocycles. The predicted molar refractivity (Wildman–Crippen MR) is 127 cm³/mol. The summed E-state index contributed by atoms with van der Waals surface area (Å²) in [5, 5.41) is 13.2. The molecule has 1 saturated carbocycles. The molecule has 2 amide bonds. The molecule has 0 atom stereocenters. The number of aryl methyl sites for hydroxylation is 1. The minimum atomic E-state index is -0.413. The van der Waals surface area contributed by atoms with Crippen LogP contribution in [0, 0.1) is 11.8 Å². The zero-order chi connectivity index (χ0) is 23.4. The molecule has 9 nitrogen and oxygen atoms in total. The molecule has 0 bridgehead atoms. The van der Waals surface area contributed by atoms with Crippen molar-refractivity contribution >= 4 is 23.3 Å². The van der Waals surface area contributed by atoms with Crippen molar-refractivity contribution in [3.05, 3.63) is 54.1 Å². The molecule has 3 N–H and O–H groups in total. The van der Waals surface area contributed by atoms with Gasteiger partial charge in [0, 0.05) is 38.1 Å². The second-order valence-corrected chi connectivity index (χ2v) is 8.79. The van der Waals surface area contributed by atoms with Crippen molar-refractivity contribution in [1.82, 2.24) is 25.1 Å². The average Bonchev–Trinajstić information content (AvgIpc) is 3.57. The number of pyridine rings is 2. The van der Waals surface area contributed by atoms with Crippen molar-refractivity contribution in [2.24, 2.45) is 18.9 Å². The van der Waals surface area contributed by atoms with Gasteiger partial charge in [0.15, 0.2) is 5.69 Å². The highest BCUT2D eigenvalue weighted by molar-refractivity contribution is 6.07. The number of aromatic nitrogens is 4. The highest BCUT2D eigenvalue weighted by atomic mass is 16.2. The van der Waals surface area contributed by atoms with Gasteiger partial charge in [-0.1, -0.05) is 19.9 Å². The first kappa shape index (κ1) is 22.4. The largest absolute Gasteiger partial charge is 0.370 e. The summed E-state index contributed by atoms with van der Waals surface area (Å²) >= 11 is 0. The van der Waals surface area contributed by atoms with Gasteiger partial charge in [-0.3, -0.25) is 14.3 Å². The molecule has 172 valence electrons. The van der Waals surface area contributed by atoms with Crippen molar-refractivity contribution in [2.75, 3.05) is 23.7 Å². The highest BCUT2D eigenvalue weighted by Gasteiger charge is 2.21. The molecule has 1 fully saturated rings. The lowest BCUT2D eigenvalue weighted by molar-refractivity contribution is 0.0944. The Balaban J connectivity index is 1.49. The Kier molecular flexibility index (Phi) is 6.67. The number of hydrogen-bond donors (Lipinski definition) is 3. The predicted octanol–water partition coefficient (Wildman–Crippen LogP) is 3.34. The van der Waals surface area contributed by atoms with E-state index < -0.39 is 5.91 Å². The third kappa shape index (κ3) is 5.94.